The van der Waals surface area contributed by atoms with Crippen LogP contribution in [0, 0.1) is 0 Å². The molecule has 0 radical (unpaired) electrons. The number of benzene rings is 2. The third-order valence-corrected chi connectivity index (χ3v) is 9.54. The number of hydrogen-bond donors (Lipinski definition) is 2. The fourth-order valence-electron chi connectivity index (χ4n) is 4.89. The highest BCUT2D eigenvalue weighted by Gasteiger charge is 2.27. The van der Waals surface area contributed by atoms with Crippen LogP contribution in [0.15, 0.2) is 58.4 Å². The Bertz CT molecular complexity index is 1360. The molecule has 9 nitrogen and oxygen atoms in total. The third kappa shape index (κ3) is 12.5. The lowest BCUT2D eigenvalue weighted by Gasteiger charge is -2.27. The zero-order chi connectivity index (χ0) is 33.3. The summed E-state index contributed by atoms with van der Waals surface area (Å²) in [5, 5.41) is 6.63. The minimum Gasteiger partial charge on any atom is -0.377 e. The van der Waals surface area contributed by atoms with Gasteiger partial charge >= 0.3 is 0 Å². The maximum Gasteiger partial charge on any atom is 0.286 e. The van der Waals surface area contributed by atoms with Gasteiger partial charge in [0.1, 0.15) is 4.32 Å². The van der Waals surface area contributed by atoms with Gasteiger partial charge in [0, 0.05) is 58.2 Å². The number of carbonyl (C=O) groups excluding carboxylic acids is 3. The van der Waals surface area contributed by atoms with Gasteiger partial charge in [0.05, 0.1) is 10.7 Å². The van der Waals surface area contributed by atoms with Gasteiger partial charge in [-0.3, -0.25) is 14.4 Å². The van der Waals surface area contributed by atoms with Gasteiger partial charge < -0.3 is 25.3 Å². The van der Waals surface area contributed by atoms with Gasteiger partial charge in [-0.1, -0.05) is 60.7 Å². The zero-order valence-electron chi connectivity index (χ0n) is 27.3. The molecule has 0 spiro atoms. The van der Waals surface area contributed by atoms with Crippen LogP contribution in [-0.2, 0) is 9.59 Å². The number of amides is 2. The highest BCUT2D eigenvalue weighted by Crippen LogP contribution is 2.33. The van der Waals surface area contributed by atoms with Crippen molar-refractivity contribution in [2.45, 2.75) is 38.5 Å². The summed E-state index contributed by atoms with van der Waals surface area (Å²) in [4.78, 5) is 44.1. The van der Waals surface area contributed by atoms with Crippen LogP contribution in [-0.4, -0.2) is 92.6 Å². The Morgan fingerprint density at radius 1 is 0.826 bits per heavy atom. The van der Waals surface area contributed by atoms with Crippen molar-refractivity contribution in [3.63, 3.8) is 0 Å². The zero-order valence-corrected chi connectivity index (χ0v) is 29.7. The first-order valence-corrected chi connectivity index (χ1v) is 17.8. The molecule has 0 aromatic heterocycles. The van der Waals surface area contributed by atoms with E-state index < -0.39 is 0 Å². The van der Waals surface area contributed by atoms with Crippen molar-refractivity contribution in [3.8, 4) is 0 Å². The number of nitrogens with zero attached hydrogens (tertiary/aromatic N) is 4. The molecular formula is C34H46N6O3S3. The van der Waals surface area contributed by atoms with Crippen LogP contribution in [0.2, 0.25) is 0 Å². The van der Waals surface area contributed by atoms with Crippen molar-refractivity contribution in [1.82, 2.24) is 15.5 Å². The van der Waals surface area contributed by atoms with E-state index in [4.69, 9.17) is 0 Å². The monoisotopic (exact) mass is 682 g/mol. The summed E-state index contributed by atoms with van der Waals surface area (Å²) in [6.45, 7) is 4.53. The van der Waals surface area contributed by atoms with Crippen LogP contribution in [0.5, 0.6) is 0 Å². The molecule has 3 saturated heterocycles. The molecule has 12 heteroatoms. The summed E-state index contributed by atoms with van der Waals surface area (Å²) in [7, 11) is 7.86. The first kappa shape index (κ1) is 37.3. The predicted octanol–water partition coefficient (Wildman–Crippen LogP) is 5.67. The van der Waals surface area contributed by atoms with E-state index in [1.54, 1.807) is 0 Å². The van der Waals surface area contributed by atoms with Crippen molar-refractivity contribution < 1.29 is 14.4 Å². The fraction of sp³-hybridized carbons (Fsp3) is 0.441. The number of aldehydes is 1. The third-order valence-electron chi connectivity index (χ3n) is 7.27. The standard InChI is InChI=1S/C17H21N3OS.C9H11NO.C5H11N.C3H3NOS2/c1-19(2)14-9-5-4-8-13(14)12-15-16(21)18-17(22-15)20-10-6-3-7-11-20;1-10(2)9-6-4-3-5-8(9)7-11;1-2-4-6-5-3-1;5-2-1-7-3(6)4-2/h4-5,8-9,12H,3,6-7,10-11H2,1-2H3;3-7H,1-2H3;6H,1-5H2;1H2,(H,4,5,6)/b15-12-;;;. The van der Waals surface area contributed by atoms with E-state index in [2.05, 4.69) is 43.7 Å². The van der Waals surface area contributed by atoms with E-state index in [0.717, 1.165) is 52.0 Å². The predicted molar refractivity (Wildman–Crippen MR) is 200 cm³/mol. The largest absolute Gasteiger partial charge is 0.377 e. The Balaban J connectivity index is 0.000000197. The summed E-state index contributed by atoms with van der Waals surface area (Å²) in [5.41, 5.74) is 3.85. The number of likely N-dealkylation sites (tertiary alicyclic amines) is 1. The number of carbonyl (C=O) groups is 3. The molecule has 0 saturated carbocycles. The molecule has 0 bridgehead atoms. The number of thiocarbonyl (C=S) groups is 1. The summed E-state index contributed by atoms with van der Waals surface area (Å²) in [6, 6.07) is 15.6. The number of para-hydroxylation sites is 2. The summed E-state index contributed by atoms with van der Waals surface area (Å²) >= 11 is 7.51. The second-order valence-electron chi connectivity index (χ2n) is 11.3. The number of amidine groups is 1. The summed E-state index contributed by atoms with van der Waals surface area (Å²) in [5.74, 6) is 0.410. The van der Waals surface area contributed by atoms with Crippen LogP contribution in [0.3, 0.4) is 0 Å². The van der Waals surface area contributed by atoms with E-state index >= 15 is 0 Å². The lowest BCUT2D eigenvalue weighted by atomic mass is 10.1. The Morgan fingerprint density at radius 3 is 1.83 bits per heavy atom. The van der Waals surface area contributed by atoms with Crippen LogP contribution in [0.1, 0.15) is 54.4 Å². The molecule has 4 heterocycles. The Morgan fingerprint density at radius 2 is 1.39 bits per heavy atom. The molecule has 6 rings (SSSR count). The van der Waals surface area contributed by atoms with Crippen molar-refractivity contribution in [2.75, 3.05) is 69.9 Å². The maximum atomic E-state index is 12.2. The fourth-order valence-corrected chi connectivity index (χ4v) is 6.66. The van der Waals surface area contributed by atoms with E-state index in [1.807, 2.05) is 81.6 Å². The molecule has 4 aliphatic rings. The molecule has 2 amide bonds. The number of aliphatic imine (C=N–C) groups is 1. The van der Waals surface area contributed by atoms with E-state index in [0.29, 0.717) is 10.1 Å². The van der Waals surface area contributed by atoms with Gasteiger partial charge in [0.15, 0.2) is 11.5 Å². The van der Waals surface area contributed by atoms with Gasteiger partial charge in [-0.2, -0.15) is 4.99 Å². The second kappa shape index (κ2) is 20.1. The maximum absolute atomic E-state index is 12.2. The van der Waals surface area contributed by atoms with Crippen LogP contribution in [0.4, 0.5) is 11.4 Å². The Labute approximate surface area is 287 Å². The Hall–Kier alpha value is -3.19. The first-order valence-electron chi connectivity index (χ1n) is 15.6. The Kier molecular flexibility index (Phi) is 16.3. The van der Waals surface area contributed by atoms with Crippen LogP contribution >= 0.6 is 35.7 Å². The molecule has 46 heavy (non-hydrogen) atoms. The average molecular weight is 683 g/mol. The van der Waals surface area contributed by atoms with Crippen LogP contribution in [0.25, 0.3) is 6.08 Å². The number of nitrogens with one attached hydrogen (secondary N) is 2. The summed E-state index contributed by atoms with van der Waals surface area (Å²) < 4.78 is 0.602. The molecule has 0 unspecified atom stereocenters. The van der Waals surface area contributed by atoms with Crippen molar-refractivity contribution in [3.05, 3.63) is 64.6 Å². The minimum absolute atomic E-state index is 0.0231. The number of anilines is 2. The second-order valence-corrected chi connectivity index (χ2v) is 14.0. The average Bonchev–Trinajstić information content (AvgIpc) is 3.65. The number of thioether (sulfide) groups is 2. The molecule has 2 N–H and O–H groups in total. The minimum atomic E-state index is -0.112. The van der Waals surface area contributed by atoms with Crippen LogP contribution < -0.4 is 20.4 Å². The molecule has 0 aliphatic carbocycles. The first-order chi connectivity index (χ1) is 22.2. The van der Waals surface area contributed by atoms with E-state index in [9.17, 15) is 14.4 Å². The van der Waals surface area contributed by atoms with E-state index in [-0.39, 0.29) is 11.8 Å². The molecule has 4 aliphatic heterocycles. The molecule has 248 valence electrons. The van der Waals surface area contributed by atoms with Gasteiger partial charge in [-0.05, 0) is 86.8 Å². The van der Waals surface area contributed by atoms with Gasteiger partial charge in [-0.25, -0.2) is 0 Å². The molecule has 2 aromatic carbocycles. The van der Waals surface area contributed by atoms with Gasteiger partial charge in [0.25, 0.3) is 5.91 Å². The van der Waals surface area contributed by atoms with E-state index in [1.165, 1.54) is 75.1 Å². The molecule has 0 atom stereocenters. The van der Waals surface area contributed by atoms with Gasteiger partial charge in [0.2, 0.25) is 5.91 Å². The highest BCUT2D eigenvalue weighted by atomic mass is 32.2. The molecule has 2 aromatic rings. The van der Waals surface area contributed by atoms with Gasteiger partial charge in [-0.15, -0.1) is 0 Å². The molecule has 3 fully saturated rings. The lowest BCUT2D eigenvalue weighted by Crippen LogP contribution is -2.33. The lowest BCUT2D eigenvalue weighted by molar-refractivity contribution is -0.117. The van der Waals surface area contributed by atoms with Crippen molar-refractivity contribution >= 4 is 80.8 Å². The highest BCUT2D eigenvalue weighted by molar-refractivity contribution is 8.24. The smallest absolute Gasteiger partial charge is 0.286 e. The van der Waals surface area contributed by atoms with Crippen molar-refractivity contribution in [1.29, 1.82) is 0 Å². The van der Waals surface area contributed by atoms with Crippen molar-refractivity contribution in [2.24, 2.45) is 4.99 Å². The number of piperidine rings is 2. The SMILES string of the molecule is C1CCNCC1.CN(C)c1ccccc1/C=C1\SC(N2CCCCC2)=NC1=O.CN(C)c1ccccc1C=O.O=C1CSC(=S)N1. The summed E-state index contributed by atoms with van der Waals surface area (Å²) in [6.07, 6.45) is 10.7. The normalized spacial score (nSPS) is 18.2. The topological polar surface area (TPSA) is 97.3 Å². The number of rotatable bonds is 4. The number of hydrogen-bond acceptors (Lipinski definition) is 10. The quantitative estimate of drug-likeness (QED) is 0.239. The molecular weight excluding hydrogens is 637 g/mol.